The Morgan fingerprint density at radius 2 is 1.77 bits per heavy atom. The van der Waals surface area contributed by atoms with Gasteiger partial charge in [0.15, 0.2) is 0 Å². The monoisotopic (exact) mass is 457 g/mol. The summed E-state index contributed by atoms with van der Waals surface area (Å²) in [6, 6.07) is 3.59. The van der Waals surface area contributed by atoms with Crippen LogP contribution in [0.2, 0.25) is 5.02 Å². The lowest BCUT2D eigenvalue weighted by molar-refractivity contribution is -0.137. The molecule has 1 aliphatic carbocycles. The van der Waals surface area contributed by atoms with Gasteiger partial charge >= 0.3 is 0 Å². The minimum Gasteiger partial charge on any atom is -0.340 e. The van der Waals surface area contributed by atoms with Gasteiger partial charge in [0.1, 0.15) is 5.82 Å². The highest BCUT2D eigenvalue weighted by Gasteiger charge is 2.41. The van der Waals surface area contributed by atoms with E-state index in [-0.39, 0.29) is 66.3 Å². The fourth-order valence-electron chi connectivity index (χ4n) is 4.66. The molecule has 0 spiro atoms. The van der Waals surface area contributed by atoms with E-state index in [1.807, 2.05) is 4.90 Å². The number of piperazine rings is 1. The van der Waals surface area contributed by atoms with E-state index in [0.29, 0.717) is 6.54 Å². The molecule has 1 aromatic rings. The summed E-state index contributed by atoms with van der Waals surface area (Å²) < 4.78 is 40.3. The Hall–Kier alpha value is -1.71. The quantitative estimate of drug-likeness (QED) is 0.693. The summed E-state index contributed by atoms with van der Waals surface area (Å²) in [4.78, 5) is 28.8. The fraction of sp³-hybridized carbons (Fsp3) is 0.600. The molecule has 1 atom stereocenters. The zero-order valence-corrected chi connectivity index (χ0v) is 18.2. The third kappa shape index (κ3) is 4.07. The second-order valence-electron chi connectivity index (χ2n) is 8.19. The minimum atomic E-state index is -3.82. The van der Waals surface area contributed by atoms with E-state index in [9.17, 15) is 22.4 Å². The highest BCUT2D eigenvalue weighted by Crippen LogP contribution is 2.30. The molecule has 2 saturated heterocycles. The average molecular weight is 458 g/mol. The van der Waals surface area contributed by atoms with Crippen LogP contribution in [0.4, 0.5) is 4.39 Å². The van der Waals surface area contributed by atoms with Crippen LogP contribution in [0.25, 0.3) is 0 Å². The number of likely N-dealkylation sites (tertiary alicyclic amines) is 1. The van der Waals surface area contributed by atoms with Crippen molar-refractivity contribution >= 4 is 33.4 Å². The predicted octanol–water partition coefficient (Wildman–Crippen LogP) is 2.10. The lowest BCUT2D eigenvalue weighted by Gasteiger charge is -2.35. The molecule has 0 radical (unpaired) electrons. The highest BCUT2D eigenvalue weighted by molar-refractivity contribution is 7.89. The molecule has 0 N–H and O–H groups in total. The van der Waals surface area contributed by atoms with Gasteiger partial charge in [0.05, 0.1) is 15.8 Å². The van der Waals surface area contributed by atoms with Crippen molar-refractivity contribution in [1.29, 1.82) is 0 Å². The van der Waals surface area contributed by atoms with Gasteiger partial charge in [-0.3, -0.25) is 9.59 Å². The van der Waals surface area contributed by atoms with E-state index in [1.54, 1.807) is 4.90 Å². The van der Waals surface area contributed by atoms with Gasteiger partial charge in [-0.2, -0.15) is 4.31 Å². The third-order valence-corrected chi connectivity index (χ3v) is 8.54. The van der Waals surface area contributed by atoms with Crippen LogP contribution in [-0.4, -0.2) is 73.1 Å². The molecule has 1 saturated carbocycles. The van der Waals surface area contributed by atoms with E-state index >= 15 is 0 Å². The number of rotatable bonds is 4. The first-order chi connectivity index (χ1) is 14.3. The molecule has 3 fully saturated rings. The first-order valence-electron chi connectivity index (χ1n) is 10.3. The number of amides is 2. The van der Waals surface area contributed by atoms with Crippen LogP contribution in [0.1, 0.15) is 32.1 Å². The largest absolute Gasteiger partial charge is 0.340 e. The van der Waals surface area contributed by atoms with Crippen molar-refractivity contribution in [3.63, 3.8) is 0 Å². The first kappa shape index (κ1) is 21.5. The molecule has 1 aromatic carbocycles. The normalized spacial score (nSPS) is 24.1. The SMILES string of the molecule is O=C([C@@H]1CC(=O)N(C2CCCC2)C1)N1CCN(S(=O)(=O)c2ccc(F)c(Cl)c2)CC1. The van der Waals surface area contributed by atoms with Crippen LogP contribution in [0.15, 0.2) is 23.1 Å². The molecule has 10 heteroatoms. The molecule has 2 aliphatic heterocycles. The number of hydrogen-bond acceptors (Lipinski definition) is 4. The fourth-order valence-corrected chi connectivity index (χ4v) is 6.35. The maximum absolute atomic E-state index is 13.4. The Balaban J connectivity index is 1.36. The Labute approximate surface area is 180 Å². The molecule has 2 heterocycles. The zero-order valence-electron chi connectivity index (χ0n) is 16.6. The smallest absolute Gasteiger partial charge is 0.243 e. The maximum Gasteiger partial charge on any atom is 0.243 e. The van der Waals surface area contributed by atoms with Gasteiger partial charge in [-0.25, -0.2) is 12.8 Å². The van der Waals surface area contributed by atoms with E-state index < -0.39 is 15.8 Å². The molecule has 0 bridgehead atoms. The number of benzene rings is 1. The van der Waals surface area contributed by atoms with Crippen molar-refractivity contribution in [3.8, 4) is 0 Å². The topological polar surface area (TPSA) is 78.0 Å². The Bertz CT molecular complexity index is 943. The number of carbonyl (C=O) groups is 2. The third-order valence-electron chi connectivity index (χ3n) is 6.35. The maximum atomic E-state index is 13.4. The van der Waals surface area contributed by atoms with Crippen LogP contribution < -0.4 is 0 Å². The van der Waals surface area contributed by atoms with Crippen molar-refractivity contribution in [2.24, 2.45) is 5.92 Å². The molecular weight excluding hydrogens is 433 g/mol. The lowest BCUT2D eigenvalue weighted by atomic mass is 10.1. The Morgan fingerprint density at radius 3 is 2.40 bits per heavy atom. The van der Waals surface area contributed by atoms with Crippen molar-refractivity contribution in [2.45, 2.75) is 43.0 Å². The predicted molar refractivity (Wildman–Crippen MR) is 109 cm³/mol. The van der Waals surface area contributed by atoms with Crippen LogP contribution in [-0.2, 0) is 19.6 Å². The summed E-state index contributed by atoms with van der Waals surface area (Å²) in [6.45, 7) is 1.29. The number of nitrogens with zero attached hydrogens (tertiary/aromatic N) is 3. The summed E-state index contributed by atoms with van der Waals surface area (Å²) in [5, 5.41) is -0.248. The van der Waals surface area contributed by atoms with Gasteiger partial charge in [-0.1, -0.05) is 24.4 Å². The summed E-state index contributed by atoms with van der Waals surface area (Å²) in [5.41, 5.74) is 0. The summed E-state index contributed by atoms with van der Waals surface area (Å²) in [6.07, 6.45) is 4.51. The molecule has 0 aromatic heterocycles. The van der Waals surface area contributed by atoms with Crippen LogP contribution in [0, 0.1) is 11.7 Å². The van der Waals surface area contributed by atoms with Gasteiger partial charge in [-0.05, 0) is 31.0 Å². The van der Waals surface area contributed by atoms with Gasteiger partial charge in [-0.15, -0.1) is 0 Å². The van der Waals surface area contributed by atoms with Gasteiger partial charge < -0.3 is 9.80 Å². The molecule has 4 rings (SSSR count). The molecule has 30 heavy (non-hydrogen) atoms. The van der Waals surface area contributed by atoms with Crippen LogP contribution in [0.3, 0.4) is 0 Å². The van der Waals surface area contributed by atoms with Gasteiger partial charge in [0, 0.05) is 45.2 Å². The molecule has 2 amide bonds. The Kier molecular flexibility index (Phi) is 6.05. The minimum absolute atomic E-state index is 0.0506. The van der Waals surface area contributed by atoms with E-state index in [0.717, 1.165) is 37.8 Å². The van der Waals surface area contributed by atoms with Gasteiger partial charge in [0.25, 0.3) is 0 Å². The Morgan fingerprint density at radius 1 is 1.10 bits per heavy atom. The summed E-state index contributed by atoms with van der Waals surface area (Å²) in [5.74, 6) is -1.05. The second kappa shape index (κ2) is 8.43. The number of carbonyl (C=O) groups excluding carboxylic acids is 2. The standard InChI is InChI=1S/C20H25ClFN3O4S/c21-17-12-16(5-6-18(17)22)30(28,29)24-9-7-23(8-10-24)20(27)14-11-19(26)25(13-14)15-3-1-2-4-15/h5-6,12,14-15H,1-4,7-11,13H2/t14-/m1/s1. The van der Waals surface area contributed by atoms with E-state index in [1.165, 1.54) is 10.4 Å². The van der Waals surface area contributed by atoms with Crippen molar-refractivity contribution in [1.82, 2.24) is 14.1 Å². The highest BCUT2D eigenvalue weighted by atomic mass is 35.5. The van der Waals surface area contributed by atoms with Gasteiger partial charge in [0.2, 0.25) is 21.8 Å². The van der Waals surface area contributed by atoms with Crippen LogP contribution in [0.5, 0.6) is 0 Å². The lowest BCUT2D eigenvalue weighted by Crippen LogP contribution is -2.52. The van der Waals surface area contributed by atoms with Crippen molar-refractivity contribution < 1.29 is 22.4 Å². The molecular formula is C20H25ClFN3O4S. The zero-order chi connectivity index (χ0) is 21.5. The second-order valence-corrected chi connectivity index (χ2v) is 10.5. The van der Waals surface area contributed by atoms with Crippen molar-refractivity contribution in [3.05, 3.63) is 29.0 Å². The average Bonchev–Trinajstić information content (AvgIpc) is 3.39. The summed E-state index contributed by atoms with van der Waals surface area (Å²) >= 11 is 5.72. The van der Waals surface area contributed by atoms with E-state index in [2.05, 4.69) is 0 Å². The molecule has 164 valence electrons. The molecule has 7 nitrogen and oxygen atoms in total. The van der Waals surface area contributed by atoms with Crippen LogP contribution >= 0.6 is 11.6 Å². The summed E-state index contributed by atoms with van der Waals surface area (Å²) in [7, 11) is -3.82. The number of hydrogen-bond donors (Lipinski definition) is 0. The van der Waals surface area contributed by atoms with E-state index in [4.69, 9.17) is 11.6 Å². The number of sulfonamides is 1. The molecule has 0 unspecified atom stereocenters. The van der Waals surface area contributed by atoms with Crippen molar-refractivity contribution in [2.75, 3.05) is 32.7 Å². The molecule has 3 aliphatic rings. The number of halogens is 2. The first-order valence-corrected chi connectivity index (χ1v) is 12.1.